The van der Waals surface area contributed by atoms with E-state index in [-0.39, 0.29) is 12.7 Å². The van der Waals surface area contributed by atoms with Gasteiger partial charge in [0, 0.05) is 6.61 Å². The molecule has 0 fully saturated rings. The van der Waals surface area contributed by atoms with Gasteiger partial charge in [-0.3, -0.25) is 9.13 Å². The fraction of sp³-hybridized carbons (Fsp3) is 0.700. The van der Waals surface area contributed by atoms with Crippen molar-refractivity contribution in [3.05, 3.63) is 34.9 Å². The molecule has 0 aliphatic carbocycles. The molecule has 0 bridgehead atoms. The molecule has 2 atom stereocenters. The van der Waals surface area contributed by atoms with E-state index in [1.54, 1.807) is 0 Å². The molecule has 0 heterocycles. The summed E-state index contributed by atoms with van der Waals surface area (Å²) in [6, 6.07) is 0. The van der Waals surface area contributed by atoms with Crippen LogP contribution in [0.3, 0.4) is 0 Å². The second-order valence-electron chi connectivity index (χ2n) is 7.38. The molecule has 0 aromatic heterocycles. The molecule has 0 rings (SSSR count). The lowest BCUT2D eigenvalue weighted by Crippen LogP contribution is -2.08. The molecule has 29 heavy (non-hydrogen) atoms. The number of allylic oxidation sites excluding steroid dienone is 4. The van der Waals surface area contributed by atoms with Gasteiger partial charge < -0.3 is 24.2 Å². The standard InChI is InChI=1S/C20H38O7P2/c1-6-27-20(5)19(4)12-8-11-17(2)9-7-10-18(3)13-14-26-15-28(21,22)16-29(23,24)25/h9,12-13,20H,6-8,10-11,14-16H2,1-5H3,(H,21,22)(H2,23,24,25)/b17-9-,18-13-,19-12+. The SMILES string of the molecule is CCOC(C)/C(C)=C/CC/C(C)=C\CC/C(C)=C\COCP(=O)(O)CP(=O)(O)O. The number of rotatable bonds is 15. The van der Waals surface area contributed by atoms with Crippen LogP contribution in [0.1, 0.15) is 60.3 Å². The highest BCUT2D eigenvalue weighted by Gasteiger charge is 2.29. The van der Waals surface area contributed by atoms with Crippen molar-refractivity contribution in [1.82, 2.24) is 0 Å². The molecule has 0 spiro atoms. The van der Waals surface area contributed by atoms with Crippen LogP contribution in [0, 0.1) is 0 Å². The normalized spacial score (nSPS) is 17.3. The molecule has 0 amide bonds. The second-order valence-corrected chi connectivity index (χ2v) is 11.8. The Morgan fingerprint density at radius 1 is 0.966 bits per heavy atom. The summed E-state index contributed by atoms with van der Waals surface area (Å²) in [6.45, 7) is 11.1. The van der Waals surface area contributed by atoms with E-state index in [0.717, 1.165) is 37.9 Å². The predicted octanol–water partition coefficient (Wildman–Crippen LogP) is 5.19. The third-order valence-corrected chi connectivity index (χ3v) is 8.17. The first-order valence-electron chi connectivity index (χ1n) is 9.89. The zero-order valence-electron chi connectivity index (χ0n) is 18.3. The minimum atomic E-state index is -4.53. The highest BCUT2D eigenvalue weighted by molar-refractivity contribution is 7.72. The quantitative estimate of drug-likeness (QED) is 0.178. The summed E-state index contributed by atoms with van der Waals surface area (Å²) < 4.78 is 33.1. The molecule has 0 aromatic carbocycles. The van der Waals surface area contributed by atoms with E-state index < -0.39 is 27.2 Å². The molecule has 0 saturated heterocycles. The lowest BCUT2D eigenvalue weighted by Gasteiger charge is -2.12. The average Bonchev–Trinajstić information content (AvgIpc) is 2.56. The van der Waals surface area contributed by atoms with Crippen LogP contribution >= 0.6 is 15.0 Å². The van der Waals surface area contributed by atoms with Gasteiger partial charge in [0.05, 0.1) is 12.7 Å². The third kappa shape index (κ3) is 16.9. The summed E-state index contributed by atoms with van der Waals surface area (Å²) in [4.78, 5) is 27.0. The first kappa shape index (κ1) is 28.5. The Kier molecular flexibility index (Phi) is 14.2. The first-order chi connectivity index (χ1) is 13.4. The Morgan fingerprint density at radius 3 is 2.07 bits per heavy atom. The number of hydrogen-bond donors (Lipinski definition) is 3. The lowest BCUT2D eigenvalue weighted by molar-refractivity contribution is 0.101. The van der Waals surface area contributed by atoms with Crippen LogP contribution in [-0.4, -0.2) is 46.2 Å². The van der Waals surface area contributed by atoms with E-state index in [2.05, 4.69) is 32.9 Å². The van der Waals surface area contributed by atoms with Gasteiger partial charge in [0.2, 0.25) is 7.37 Å². The molecule has 2 unspecified atom stereocenters. The van der Waals surface area contributed by atoms with Gasteiger partial charge in [-0.25, -0.2) is 0 Å². The fourth-order valence-corrected chi connectivity index (χ4v) is 5.57. The smallest absolute Gasteiger partial charge is 0.335 e. The summed E-state index contributed by atoms with van der Waals surface area (Å²) in [5.41, 5.74) is 3.69. The van der Waals surface area contributed by atoms with E-state index in [4.69, 9.17) is 19.3 Å². The zero-order chi connectivity index (χ0) is 22.5. The molecule has 9 heteroatoms. The summed E-state index contributed by atoms with van der Waals surface area (Å²) >= 11 is 0. The maximum absolute atomic E-state index is 11.6. The Labute approximate surface area is 175 Å². The number of hydrogen-bond acceptors (Lipinski definition) is 4. The van der Waals surface area contributed by atoms with Crippen LogP contribution in [0.15, 0.2) is 34.9 Å². The highest BCUT2D eigenvalue weighted by Crippen LogP contribution is 2.54. The van der Waals surface area contributed by atoms with Crippen molar-refractivity contribution in [3.8, 4) is 0 Å². The van der Waals surface area contributed by atoms with Crippen molar-refractivity contribution in [2.24, 2.45) is 0 Å². The second kappa shape index (κ2) is 14.5. The van der Waals surface area contributed by atoms with Gasteiger partial charge in [0.1, 0.15) is 12.3 Å². The Morgan fingerprint density at radius 2 is 1.52 bits per heavy atom. The molecule has 170 valence electrons. The van der Waals surface area contributed by atoms with Gasteiger partial charge >= 0.3 is 7.60 Å². The van der Waals surface area contributed by atoms with E-state index in [9.17, 15) is 14.0 Å². The molecule has 0 aromatic rings. The van der Waals surface area contributed by atoms with Gasteiger partial charge in [0.15, 0.2) is 0 Å². The molecule has 0 aliphatic rings. The zero-order valence-corrected chi connectivity index (χ0v) is 20.1. The van der Waals surface area contributed by atoms with Crippen molar-refractivity contribution >= 4 is 15.0 Å². The summed E-state index contributed by atoms with van der Waals surface area (Å²) in [5.74, 6) is -1.05. The minimum Gasteiger partial charge on any atom is -0.374 e. The van der Waals surface area contributed by atoms with Crippen molar-refractivity contribution < 1.29 is 33.3 Å². The molecular weight excluding hydrogens is 414 g/mol. The Hall–Kier alpha value is -0.520. The van der Waals surface area contributed by atoms with E-state index in [1.165, 1.54) is 11.1 Å². The van der Waals surface area contributed by atoms with Crippen LogP contribution in [0.4, 0.5) is 0 Å². The minimum absolute atomic E-state index is 0.141. The fourth-order valence-electron chi connectivity index (χ4n) is 2.55. The predicted molar refractivity (Wildman–Crippen MR) is 118 cm³/mol. The van der Waals surface area contributed by atoms with Gasteiger partial charge in [-0.2, -0.15) is 0 Å². The van der Waals surface area contributed by atoms with E-state index in [1.807, 2.05) is 19.9 Å². The summed E-state index contributed by atoms with van der Waals surface area (Å²) in [5, 5.41) is 0. The Bertz CT molecular complexity index is 662. The van der Waals surface area contributed by atoms with Crippen LogP contribution in [0.5, 0.6) is 0 Å². The monoisotopic (exact) mass is 452 g/mol. The van der Waals surface area contributed by atoms with Crippen molar-refractivity contribution in [2.45, 2.75) is 66.4 Å². The maximum atomic E-state index is 11.6. The Balaban J connectivity index is 4.17. The maximum Gasteiger partial charge on any atom is 0.335 e. The van der Waals surface area contributed by atoms with Gasteiger partial charge in [0.25, 0.3) is 0 Å². The third-order valence-electron chi connectivity index (χ3n) is 4.34. The van der Waals surface area contributed by atoms with Crippen LogP contribution in [0.25, 0.3) is 0 Å². The van der Waals surface area contributed by atoms with E-state index >= 15 is 0 Å². The first-order valence-corrected chi connectivity index (χ1v) is 13.7. The molecule has 0 radical (unpaired) electrons. The molecular formula is C20H38O7P2. The van der Waals surface area contributed by atoms with Crippen molar-refractivity contribution in [3.63, 3.8) is 0 Å². The van der Waals surface area contributed by atoms with Gasteiger partial charge in [-0.1, -0.05) is 29.4 Å². The molecule has 0 aliphatic heterocycles. The largest absolute Gasteiger partial charge is 0.374 e. The van der Waals surface area contributed by atoms with Crippen LogP contribution in [-0.2, 0) is 18.6 Å². The molecule has 3 N–H and O–H groups in total. The average molecular weight is 452 g/mol. The van der Waals surface area contributed by atoms with Crippen molar-refractivity contribution in [1.29, 1.82) is 0 Å². The van der Waals surface area contributed by atoms with Crippen LogP contribution < -0.4 is 0 Å². The topological polar surface area (TPSA) is 113 Å². The lowest BCUT2D eigenvalue weighted by atomic mass is 10.1. The van der Waals surface area contributed by atoms with E-state index in [0.29, 0.717) is 0 Å². The van der Waals surface area contributed by atoms with Gasteiger partial charge in [-0.15, -0.1) is 0 Å². The number of ether oxygens (including phenoxy) is 2. The highest BCUT2D eigenvalue weighted by atomic mass is 31.2. The van der Waals surface area contributed by atoms with Gasteiger partial charge in [-0.05, 0) is 65.9 Å². The summed E-state index contributed by atoms with van der Waals surface area (Å²) in [7, 11) is -8.50. The molecule has 0 saturated carbocycles. The summed E-state index contributed by atoms with van der Waals surface area (Å²) in [6.07, 6.45) is 9.63. The van der Waals surface area contributed by atoms with Crippen LogP contribution in [0.2, 0.25) is 0 Å². The van der Waals surface area contributed by atoms with Crippen molar-refractivity contribution in [2.75, 3.05) is 25.5 Å². The molecule has 7 nitrogen and oxygen atoms in total.